The molecule has 1 aliphatic rings. The number of carbonyl (C=O) groups excluding carboxylic acids is 1. The molecule has 1 fully saturated rings. The number of aromatic amines is 1. The lowest BCUT2D eigenvalue weighted by Crippen LogP contribution is -2.36. The molecule has 1 saturated heterocycles. The van der Waals surface area contributed by atoms with Crippen LogP contribution in [-0.2, 0) is 15.3 Å². The van der Waals surface area contributed by atoms with Gasteiger partial charge >= 0.3 is 0 Å². The van der Waals surface area contributed by atoms with Crippen molar-refractivity contribution in [1.82, 2.24) is 15.3 Å². The van der Waals surface area contributed by atoms with Crippen molar-refractivity contribution >= 4 is 44.9 Å². The first-order valence-corrected chi connectivity index (χ1v) is 13.0. The van der Waals surface area contributed by atoms with Gasteiger partial charge in [-0.15, -0.1) is 23.1 Å². The van der Waals surface area contributed by atoms with Crippen molar-refractivity contribution in [3.8, 4) is 0 Å². The molecular formula is C24H30N4O3S2. The van der Waals surface area contributed by atoms with Gasteiger partial charge in [0.25, 0.3) is 5.56 Å². The van der Waals surface area contributed by atoms with Crippen molar-refractivity contribution in [2.45, 2.75) is 44.7 Å². The van der Waals surface area contributed by atoms with Gasteiger partial charge in [-0.1, -0.05) is 12.1 Å². The minimum atomic E-state index is -0.270. The molecule has 0 bridgehead atoms. The summed E-state index contributed by atoms with van der Waals surface area (Å²) >= 11 is 3.00. The zero-order valence-corrected chi connectivity index (χ0v) is 21.1. The molecule has 4 rings (SSSR count). The van der Waals surface area contributed by atoms with Crippen LogP contribution in [0, 0.1) is 13.8 Å². The number of anilines is 1. The van der Waals surface area contributed by atoms with Gasteiger partial charge in [0.05, 0.1) is 35.6 Å². The van der Waals surface area contributed by atoms with Gasteiger partial charge in [0.1, 0.15) is 10.7 Å². The second-order valence-corrected chi connectivity index (χ2v) is 10.9. The van der Waals surface area contributed by atoms with Crippen LogP contribution in [0.25, 0.3) is 10.2 Å². The maximum Gasteiger partial charge on any atom is 0.259 e. The molecule has 0 aliphatic carbocycles. The smallest absolute Gasteiger partial charge is 0.259 e. The highest BCUT2D eigenvalue weighted by Crippen LogP contribution is 2.27. The summed E-state index contributed by atoms with van der Waals surface area (Å²) in [7, 11) is 0. The largest absolute Gasteiger partial charge is 0.378 e. The number of carbonyl (C=O) groups is 1. The number of nitrogens with zero attached hydrogens (tertiary/aromatic N) is 2. The molecule has 2 N–H and O–H groups in total. The summed E-state index contributed by atoms with van der Waals surface area (Å²) in [5, 5.41) is 3.50. The van der Waals surface area contributed by atoms with Crippen LogP contribution in [0.1, 0.15) is 41.7 Å². The Morgan fingerprint density at radius 1 is 1.24 bits per heavy atom. The van der Waals surface area contributed by atoms with Gasteiger partial charge in [0, 0.05) is 23.7 Å². The van der Waals surface area contributed by atoms with Gasteiger partial charge < -0.3 is 19.9 Å². The van der Waals surface area contributed by atoms with E-state index in [1.54, 1.807) is 0 Å². The Morgan fingerprint density at radius 2 is 1.94 bits per heavy atom. The number of thiophene rings is 1. The predicted molar refractivity (Wildman–Crippen MR) is 137 cm³/mol. The summed E-state index contributed by atoms with van der Waals surface area (Å²) in [6.07, 6.45) is 0. The summed E-state index contributed by atoms with van der Waals surface area (Å²) in [4.78, 5) is 36.8. The Bertz CT molecular complexity index is 1180. The van der Waals surface area contributed by atoms with E-state index < -0.39 is 0 Å². The van der Waals surface area contributed by atoms with Crippen LogP contribution in [0.3, 0.4) is 0 Å². The van der Waals surface area contributed by atoms with Gasteiger partial charge in [-0.2, -0.15) is 0 Å². The van der Waals surface area contributed by atoms with Crippen molar-refractivity contribution in [3.05, 3.63) is 56.4 Å². The fourth-order valence-electron chi connectivity index (χ4n) is 3.86. The molecule has 0 spiro atoms. The lowest BCUT2D eigenvalue weighted by molar-refractivity contribution is -0.120. The molecule has 1 aliphatic heterocycles. The third-order valence-corrected chi connectivity index (χ3v) is 8.31. The van der Waals surface area contributed by atoms with Crippen LogP contribution < -0.4 is 15.8 Å². The van der Waals surface area contributed by atoms with Crippen molar-refractivity contribution < 1.29 is 9.53 Å². The van der Waals surface area contributed by atoms with Crippen molar-refractivity contribution in [2.24, 2.45) is 0 Å². The van der Waals surface area contributed by atoms with Crippen LogP contribution in [0.4, 0.5) is 5.69 Å². The van der Waals surface area contributed by atoms with Crippen LogP contribution in [0.15, 0.2) is 29.1 Å². The number of amides is 1. The predicted octanol–water partition coefficient (Wildman–Crippen LogP) is 3.94. The van der Waals surface area contributed by atoms with E-state index in [4.69, 9.17) is 4.74 Å². The van der Waals surface area contributed by atoms with E-state index in [1.165, 1.54) is 28.8 Å². The fourth-order valence-corrected chi connectivity index (χ4v) is 5.67. The first-order chi connectivity index (χ1) is 15.8. The van der Waals surface area contributed by atoms with Crippen LogP contribution in [0.2, 0.25) is 0 Å². The second kappa shape index (κ2) is 10.3. The number of benzene rings is 1. The molecular weight excluding hydrogens is 456 g/mol. The zero-order chi connectivity index (χ0) is 23.5. The topological polar surface area (TPSA) is 87.3 Å². The molecule has 3 heterocycles. The Kier molecular flexibility index (Phi) is 7.41. The normalized spacial score (nSPS) is 16.1. The summed E-state index contributed by atoms with van der Waals surface area (Å²) in [6, 6.07) is 8.26. The highest BCUT2D eigenvalue weighted by Gasteiger charge is 2.19. The van der Waals surface area contributed by atoms with Gasteiger partial charge in [0.2, 0.25) is 5.91 Å². The van der Waals surface area contributed by atoms with E-state index in [1.807, 2.05) is 27.7 Å². The van der Waals surface area contributed by atoms with E-state index in [-0.39, 0.29) is 22.8 Å². The van der Waals surface area contributed by atoms with Crippen molar-refractivity contribution in [2.75, 3.05) is 31.2 Å². The number of morpholine rings is 1. The summed E-state index contributed by atoms with van der Waals surface area (Å²) in [5.41, 5.74) is 3.13. The number of rotatable bonds is 7. The van der Waals surface area contributed by atoms with Crippen LogP contribution >= 0.6 is 23.1 Å². The minimum absolute atomic E-state index is 0.0315. The van der Waals surface area contributed by atoms with Gasteiger partial charge in [-0.3, -0.25) is 9.59 Å². The fraction of sp³-hybridized carbons (Fsp3) is 0.458. The number of fused-ring (bicyclic) bond motifs is 1. The van der Waals surface area contributed by atoms with E-state index in [0.717, 1.165) is 47.1 Å². The number of ether oxygens (including phenoxy) is 1. The molecule has 7 nitrogen and oxygen atoms in total. The third kappa shape index (κ3) is 5.42. The van der Waals surface area contributed by atoms with Crippen LogP contribution in [0.5, 0.6) is 0 Å². The third-order valence-electron chi connectivity index (χ3n) is 6.06. The average Bonchev–Trinajstić information content (AvgIpc) is 3.11. The Morgan fingerprint density at radius 3 is 2.64 bits per heavy atom. The molecule has 0 radical (unpaired) electrons. The molecule has 2 atom stereocenters. The molecule has 3 aromatic rings. The summed E-state index contributed by atoms with van der Waals surface area (Å²) in [6.45, 7) is 11.1. The Hall–Kier alpha value is -2.36. The number of hydrogen-bond acceptors (Lipinski definition) is 7. The molecule has 9 heteroatoms. The average molecular weight is 487 g/mol. The van der Waals surface area contributed by atoms with E-state index in [9.17, 15) is 9.59 Å². The van der Waals surface area contributed by atoms with Crippen molar-refractivity contribution in [1.29, 1.82) is 0 Å². The van der Waals surface area contributed by atoms with Gasteiger partial charge in [0.15, 0.2) is 0 Å². The van der Waals surface area contributed by atoms with Crippen LogP contribution in [-0.4, -0.2) is 47.4 Å². The maximum atomic E-state index is 12.7. The second-order valence-electron chi connectivity index (χ2n) is 8.35. The summed E-state index contributed by atoms with van der Waals surface area (Å²) < 4.78 is 5.42. The van der Waals surface area contributed by atoms with E-state index in [0.29, 0.717) is 17.0 Å². The van der Waals surface area contributed by atoms with Gasteiger partial charge in [-0.25, -0.2) is 4.98 Å². The number of aryl methyl sites for hydroxylation is 2. The number of aromatic nitrogens is 2. The highest BCUT2D eigenvalue weighted by atomic mass is 32.2. The minimum Gasteiger partial charge on any atom is -0.378 e. The number of nitrogens with one attached hydrogen (secondary N) is 2. The van der Waals surface area contributed by atoms with Crippen molar-refractivity contribution in [3.63, 3.8) is 0 Å². The molecule has 0 saturated carbocycles. The first-order valence-electron chi connectivity index (χ1n) is 11.2. The number of H-pyrrole nitrogens is 1. The molecule has 2 aromatic heterocycles. The number of thioether (sulfide) groups is 1. The molecule has 2 unspecified atom stereocenters. The Balaban J connectivity index is 1.32. The summed E-state index contributed by atoms with van der Waals surface area (Å²) in [5.74, 6) is 1.04. The molecule has 176 valence electrons. The molecule has 33 heavy (non-hydrogen) atoms. The lowest BCUT2D eigenvalue weighted by Gasteiger charge is -2.29. The van der Waals surface area contributed by atoms with E-state index >= 15 is 0 Å². The number of hydrogen-bond donors (Lipinski definition) is 2. The highest BCUT2D eigenvalue weighted by molar-refractivity contribution is 7.99. The van der Waals surface area contributed by atoms with Gasteiger partial charge in [-0.05, 0) is 51.0 Å². The maximum absolute atomic E-state index is 12.7. The Labute approximate surface area is 201 Å². The lowest BCUT2D eigenvalue weighted by atomic mass is 10.1. The quantitative estimate of drug-likeness (QED) is 0.526. The van der Waals surface area contributed by atoms with E-state index in [2.05, 4.69) is 44.5 Å². The molecule has 1 aromatic carbocycles. The first kappa shape index (κ1) is 23.8. The molecule has 1 amide bonds. The monoisotopic (exact) mass is 486 g/mol. The zero-order valence-electron chi connectivity index (χ0n) is 19.4. The SMILES string of the molecule is Cc1sc2nc(CSC(C)C(=O)NC(C)c3ccc(N4CCOCC4)cc3)[nH]c(=O)c2c1C. The standard InChI is InChI=1S/C24H30N4O3S2/c1-14-16(3)33-24-21(14)23(30)26-20(27-24)13-32-17(4)22(29)25-15(2)18-5-7-19(8-6-18)28-9-11-31-12-10-28/h5-8,15,17H,9-13H2,1-4H3,(H,25,29)(H,26,27,30).